The van der Waals surface area contributed by atoms with E-state index in [-0.39, 0.29) is 0 Å². The molecule has 0 bridgehead atoms. The quantitative estimate of drug-likeness (QED) is 0.635. The number of rotatable bonds is 5. The molecular formula is C12H26N4. The minimum Gasteiger partial charge on any atom is -0.314 e. The van der Waals surface area contributed by atoms with Crippen LogP contribution in [0.3, 0.4) is 0 Å². The normalized spacial score (nSPS) is 28.7. The maximum atomic E-state index is 3.58. The Kier molecular flexibility index (Phi) is 5.03. The van der Waals surface area contributed by atoms with Crippen LogP contribution in [-0.2, 0) is 0 Å². The summed E-state index contributed by atoms with van der Waals surface area (Å²) in [6.07, 6.45) is 2.74. The molecule has 2 rings (SSSR count). The molecule has 0 aromatic carbocycles. The summed E-state index contributed by atoms with van der Waals surface area (Å²) in [5.74, 6) is 0.931. The molecule has 2 saturated heterocycles. The second-order valence-electron chi connectivity index (χ2n) is 5.23. The van der Waals surface area contributed by atoms with Crippen molar-refractivity contribution in [2.45, 2.75) is 12.8 Å². The molecule has 4 heteroatoms. The first-order valence-corrected chi connectivity index (χ1v) is 6.67. The molecular weight excluding hydrogens is 200 g/mol. The first-order valence-electron chi connectivity index (χ1n) is 6.67. The second-order valence-corrected chi connectivity index (χ2v) is 5.23. The predicted molar refractivity (Wildman–Crippen MR) is 67.5 cm³/mol. The first-order chi connectivity index (χ1) is 7.84. The standard InChI is InChI=1S/C12H26N4/c1-15-7-3-12(10-15)2-4-14-11-16-8-5-13-6-9-16/h12-14H,2-11H2,1H3. The van der Waals surface area contributed by atoms with Gasteiger partial charge in [-0.15, -0.1) is 0 Å². The molecule has 94 valence electrons. The van der Waals surface area contributed by atoms with E-state index in [9.17, 15) is 0 Å². The predicted octanol–water partition coefficient (Wildman–Crippen LogP) is -0.219. The van der Waals surface area contributed by atoms with E-state index in [0.717, 1.165) is 25.7 Å². The second kappa shape index (κ2) is 6.55. The van der Waals surface area contributed by atoms with Gasteiger partial charge in [0.1, 0.15) is 0 Å². The maximum Gasteiger partial charge on any atom is 0.0481 e. The van der Waals surface area contributed by atoms with E-state index in [1.165, 1.54) is 45.6 Å². The van der Waals surface area contributed by atoms with Gasteiger partial charge in [-0.1, -0.05) is 0 Å². The van der Waals surface area contributed by atoms with Crippen molar-refractivity contribution < 1.29 is 0 Å². The molecule has 1 unspecified atom stereocenters. The van der Waals surface area contributed by atoms with Gasteiger partial charge in [0.05, 0.1) is 0 Å². The molecule has 0 aliphatic carbocycles. The summed E-state index contributed by atoms with van der Waals surface area (Å²) in [6, 6.07) is 0. The third-order valence-corrected chi connectivity index (χ3v) is 3.76. The lowest BCUT2D eigenvalue weighted by Crippen LogP contribution is -2.47. The average Bonchev–Trinajstić information content (AvgIpc) is 2.72. The molecule has 0 spiro atoms. The Labute approximate surface area is 99.4 Å². The summed E-state index contributed by atoms with van der Waals surface area (Å²) < 4.78 is 0. The van der Waals surface area contributed by atoms with Gasteiger partial charge < -0.3 is 15.5 Å². The van der Waals surface area contributed by atoms with Gasteiger partial charge in [-0.05, 0) is 38.9 Å². The lowest BCUT2D eigenvalue weighted by Gasteiger charge is -2.27. The van der Waals surface area contributed by atoms with Crippen molar-refractivity contribution in [1.82, 2.24) is 20.4 Å². The summed E-state index contributed by atoms with van der Waals surface area (Å²) in [7, 11) is 2.23. The lowest BCUT2D eigenvalue weighted by molar-refractivity contribution is 0.222. The molecule has 0 aromatic rings. The van der Waals surface area contributed by atoms with Crippen molar-refractivity contribution in [3.8, 4) is 0 Å². The van der Waals surface area contributed by atoms with Gasteiger partial charge in [0.25, 0.3) is 0 Å². The van der Waals surface area contributed by atoms with Crippen molar-refractivity contribution in [1.29, 1.82) is 0 Å². The molecule has 2 fully saturated rings. The molecule has 2 aliphatic rings. The zero-order valence-corrected chi connectivity index (χ0v) is 10.5. The highest BCUT2D eigenvalue weighted by molar-refractivity contribution is 4.73. The summed E-state index contributed by atoms with van der Waals surface area (Å²) in [4.78, 5) is 4.94. The fourth-order valence-corrected chi connectivity index (χ4v) is 2.67. The summed E-state index contributed by atoms with van der Waals surface area (Å²) >= 11 is 0. The van der Waals surface area contributed by atoms with Gasteiger partial charge in [-0.25, -0.2) is 0 Å². The Hall–Kier alpha value is -0.160. The van der Waals surface area contributed by atoms with Gasteiger partial charge in [-0.2, -0.15) is 0 Å². The van der Waals surface area contributed by atoms with Crippen LogP contribution >= 0.6 is 0 Å². The molecule has 2 N–H and O–H groups in total. The molecule has 1 atom stereocenters. The molecule has 0 saturated carbocycles. The van der Waals surface area contributed by atoms with Crippen LogP contribution in [0, 0.1) is 5.92 Å². The Bertz CT molecular complexity index is 185. The smallest absolute Gasteiger partial charge is 0.0481 e. The fourth-order valence-electron chi connectivity index (χ4n) is 2.67. The number of hydrogen-bond acceptors (Lipinski definition) is 4. The zero-order valence-electron chi connectivity index (χ0n) is 10.5. The summed E-state index contributed by atoms with van der Waals surface area (Å²) in [5.41, 5.74) is 0. The van der Waals surface area contributed by atoms with Crippen molar-refractivity contribution in [3.05, 3.63) is 0 Å². The zero-order chi connectivity index (χ0) is 11.2. The van der Waals surface area contributed by atoms with E-state index < -0.39 is 0 Å². The van der Waals surface area contributed by atoms with Gasteiger partial charge in [-0.3, -0.25) is 4.90 Å². The Morgan fingerprint density at radius 3 is 2.75 bits per heavy atom. The van der Waals surface area contributed by atoms with E-state index in [0.29, 0.717) is 0 Å². The Morgan fingerprint density at radius 1 is 1.25 bits per heavy atom. The average molecular weight is 226 g/mol. The highest BCUT2D eigenvalue weighted by Gasteiger charge is 2.18. The molecule has 4 nitrogen and oxygen atoms in total. The van der Waals surface area contributed by atoms with Crippen LogP contribution in [0.1, 0.15) is 12.8 Å². The molecule has 0 amide bonds. The van der Waals surface area contributed by atoms with Crippen LogP contribution in [0.25, 0.3) is 0 Å². The Morgan fingerprint density at radius 2 is 2.06 bits per heavy atom. The number of nitrogens with zero attached hydrogens (tertiary/aromatic N) is 2. The summed E-state index contributed by atoms with van der Waals surface area (Å²) in [6.45, 7) is 9.53. The van der Waals surface area contributed by atoms with E-state index in [2.05, 4.69) is 27.5 Å². The highest BCUT2D eigenvalue weighted by Crippen LogP contribution is 2.16. The van der Waals surface area contributed by atoms with Gasteiger partial charge in [0, 0.05) is 39.4 Å². The van der Waals surface area contributed by atoms with Crippen LogP contribution < -0.4 is 10.6 Å². The van der Waals surface area contributed by atoms with E-state index >= 15 is 0 Å². The molecule has 2 heterocycles. The fraction of sp³-hybridized carbons (Fsp3) is 1.00. The monoisotopic (exact) mass is 226 g/mol. The molecule has 2 aliphatic heterocycles. The third kappa shape index (κ3) is 4.01. The number of nitrogens with one attached hydrogen (secondary N) is 2. The van der Waals surface area contributed by atoms with Gasteiger partial charge in [0.15, 0.2) is 0 Å². The Balaban J connectivity index is 1.48. The number of likely N-dealkylation sites (tertiary alicyclic amines) is 1. The summed E-state index contributed by atoms with van der Waals surface area (Å²) in [5, 5.41) is 6.96. The van der Waals surface area contributed by atoms with Crippen molar-refractivity contribution >= 4 is 0 Å². The minimum absolute atomic E-state index is 0.931. The number of hydrogen-bond donors (Lipinski definition) is 2. The van der Waals surface area contributed by atoms with E-state index in [4.69, 9.17) is 0 Å². The number of piperazine rings is 1. The SMILES string of the molecule is CN1CCC(CCNCN2CCNCC2)C1. The van der Waals surface area contributed by atoms with Crippen molar-refractivity contribution in [2.75, 3.05) is 59.5 Å². The molecule has 0 aromatic heterocycles. The van der Waals surface area contributed by atoms with Crippen LogP contribution in [-0.4, -0.2) is 69.3 Å². The van der Waals surface area contributed by atoms with Crippen molar-refractivity contribution in [2.24, 2.45) is 5.92 Å². The highest BCUT2D eigenvalue weighted by atomic mass is 15.3. The van der Waals surface area contributed by atoms with Crippen LogP contribution in [0.2, 0.25) is 0 Å². The van der Waals surface area contributed by atoms with Gasteiger partial charge in [0.2, 0.25) is 0 Å². The van der Waals surface area contributed by atoms with Gasteiger partial charge >= 0.3 is 0 Å². The van der Waals surface area contributed by atoms with Crippen LogP contribution in [0.5, 0.6) is 0 Å². The van der Waals surface area contributed by atoms with Crippen molar-refractivity contribution in [3.63, 3.8) is 0 Å². The third-order valence-electron chi connectivity index (χ3n) is 3.76. The molecule has 0 radical (unpaired) electrons. The minimum atomic E-state index is 0.931. The van der Waals surface area contributed by atoms with Crippen LogP contribution in [0.15, 0.2) is 0 Å². The largest absolute Gasteiger partial charge is 0.314 e. The maximum absolute atomic E-state index is 3.58. The van der Waals surface area contributed by atoms with E-state index in [1.807, 2.05) is 0 Å². The topological polar surface area (TPSA) is 30.5 Å². The lowest BCUT2D eigenvalue weighted by atomic mass is 10.1. The first kappa shape index (κ1) is 12.3. The van der Waals surface area contributed by atoms with Crippen LogP contribution in [0.4, 0.5) is 0 Å². The molecule has 16 heavy (non-hydrogen) atoms. The van der Waals surface area contributed by atoms with E-state index in [1.54, 1.807) is 0 Å².